The molecule has 0 atom stereocenters. The van der Waals surface area contributed by atoms with Gasteiger partial charge in [0.2, 0.25) is 0 Å². The van der Waals surface area contributed by atoms with Crippen LogP contribution in [0.5, 0.6) is 0 Å². The van der Waals surface area contributed by atoms with Crippen molar-refractivity contribution in [2.75, 3.05) is 29.9 Å². The van der Waals surface area contributed by atoms with E-state index in [-0.39, 0.29) is 0 Å². The van der Waals surface area contributed by atoms with Gasteiger partial charge in [0.1, 0.15) is 11.6 Å². The summed E-state index contributed by atoms with van der Waals surface area (Å²) in [6, 6.07) is 8.01. The number of aryl methyl sites for hydroxylation is 1. The van der Waals surface area contributed by atoms with Gasteiger partial charge >= 0.3 is 0 Å². The number of fused-ring (bicyclic) bond motifs is 1. The first-order chi connectivity index (χ1) is 12.8. The van der Waals surface area contributed by atoms with Crippen molar-refractivity contribution in [2.45, 2.75) is 32.1 Å². The molecule has 2 aliphatic rings. The largest absolute Gasteiger partial charge is 0.368 e. The van der Waals surface area contributed by atoms with E-state index < -0.39 is 0 Å². The molecule has 3 aromatic heterocycles. The fraction of sp³-hybridized carbons (Fsp3) is 0.500. The van der Waals surface area contributed by atoms with E-state index >= 15 is 0 Å². The Labute approximate surface area is 151 Å². The van der Waals surface area contributed by atoms with Crippen LogP contribution in [0.3, 0.4) is 0 Å². The normalized spacial score (nSPS) is 18.0. The number of nitrogens with zero attached hydrogens (tertiary/aromatic N) is 7. The highest BCUT2D eigenvalue weighted by atomic mass is 15.4. The van der Waals surface area contributed by atoms with Crippen LogP contribution in [-0.4, -0.2) is 49.6 Å². The van der Waals surface area contributed by atoms with Crippen molar-refractivity contribution in [1.82, 2.24) is 30.0 Å². The summed E-state index contributed by atoms with van der Waals surface area (Å²) < 4.78 is 1.94. The third-order valence-corrected chi connectivity index (χ3v) is 5.39. The van der Waals surface area contributed by atoms with Gasteiger partial charge in [-0.3, -0.25) is 0 Å². The molecule has 8 nitrogen and oxygen atoms in total. The molecule has 3 aromatic rings. The lowest BCUT2D eigenvalue weighted by Gasteiger charge is -2.40. The first kappa shape index (κ1) is 15.5. The molecule has 0 unspecified atom stereocenters. The predicted molar refractivity (Wildman–Crippen MR) is 98.3 cm³/mol. The number of anilines is 2. The second-order valence-electron chi connectivity index (χ2n) is 7.36. The Balaban J connectivity index is 1.22. The second kappa shape index (κ2) is 6.19. The molecule has 1 N–H and O–H groups in total. The van der Waals surface area contributed by atoms with Crippen LogP contribution >= 0.6 is 0 Å². The zero-order valence-corrected chi connectivity index (χ0v) is 14.8. The van der Waals surface area contributed by atoms with E-state index in [2.05, 4.69) is 30.6 Å². The Morgan fingerprint density at radius 2 is 1.92 bits per heavy atom. The molecular formula is C18H22N8. The highest BCUT2D eigenvalue weighted by molar-refractivity contribution is 5.48. The quantitative estimate of drug-likeness (QED) is 0.754. The first-order valence-corrected chi connectivity index (χ1v) is 9.28. The molecule has 0 spiro atoms. The van der Waals surface area contributed by atoms with Gasteiger partial charge < -0.3 is 10.2 Å². The van der Waals surface area contributed by atoms with Gasteiger partial charge in [-0.25, -0.2) is 0 Å². The number of aromatic nitrogens is 6. The summed E-state index contributed by atoms with van der Waals surface area (Å²) in [7, 11) is 0. The maximum atomic E-state index is 4.80. The van der Waals surface area contributed by atoms with Crippen molar-refractivity contribution >= 4 is 17.3 Å². The third kappa shape index (κ3) is 2.75. The van der Waals surface area contributed by atoms with Crippen molar-refractivity contribution in [3.05, 3.63) is 35.8 Å². The second-order valence-corrected chi connectivity index (χ2v) is 7.36. The Hall–Kier alpha value is -2.77. The van der Waals surface area contributed by atoms with Crippen LogP contribution < -0.4 is 10.2 Å². The van der Waals surface area contributed by atoms with Crippen LogP contribution in [0.2, 0.25) is 0 Å². The number of nitrogens with one attached hydrogen (secondary N) is 1. The van der Waals surface area contributed by atoms with Gasteiger partial charge in [-0.15, -0.1) is 20.4 Å². The van der Waals surface area contributed by atoms with Crippen LogP contribution in [0.15, 0.2) is 24.3 Å². The smallest absolute Gasteiger partial charge is 0.178 e. The summed E-state index contributed by atoms with van der Waals surface area (Å²) in [6.07, 6.45) is 3.68. The van der Waals surface area contributed by atoms with Crippen molar-refractivity contribution in [3.63, 3.8) is 0 Å². The van der Waals surface area contributed by atoms with E-state index in [4.69, 9.17) is 5.10 Å². The summed E-state index contributed by atoms with van der Waals surface area (Å²) in [4.78, 5) is 2.30. The van der Waals surface area contributed by atoms with Crippen LogP contribution in [0.1, 0.15) is 36.7 Å². The van der Waals surface area contributed by atoms with Crippen LogP contribution in [0.4, 0.5) is 11.6 Å². The summed E-state index contributed by atoms with van der Waals surface area (Å²) >= 11 is 0. The number of hydrogen-bond donors (Lipinski definition) is 1. The van der Waals surface area contributed by atoms with E-state index in [0.717, 1.165) is 48.4 Å². The molecule has 4 heterocycles. The van der Waals surface area contributed by atoms with E-state index in [1.165, 1.54) is 19.3 Å². The topological polar surface area (TPSA) is 84.1 Å². The van der Waals surface area contributed by atoms with E-state index in [1.807, 2.05) is 35.7 Å². The van der Waals surface area contributed by atoms with Gasteiger partial charge in [0, 0.05) is 31.5 Å². The summed E-state index contributed by atoms with van der Waals surface area (Å²) in [6.45, 7) is 4.82. The summed E-state index contributed by atoms with van der Waals surface area (Å²) in [5.74, 6) is 3.97. The van der Waals surface area contributed by atoms with Crippen molar-refractivity contribution in [3.8, 4) is 0 Å². The maximum absolute atomic E-state index is 4.80. The molecule has 0 aromatic carbocycles. The van der Waals surface area contributed by atoms with E-state index in [0.29, 0.717) is 11.8 Å². The van der Waals surface area contributed by atoms with Gasteiger partial charge in [-0.2, -0.15) is 9.61 Å². The standard InChI is InChI=1S/C18H22N8/c1-12-5-6-15(21-20-12)19-9-13-10-25(11-13)17-8-7-16-22-23-18(26(16)24-17)14-3-2-4-14/h5-8,13-14H,2-4,9-11H2,1H3,(H,19,21). The maximum Gasteiger partial charge on any atom is 0.178 e. The van der Waals surface area contributed by atoms with E-state index in [9.17, 15) is 0 Å². The van der Waals surface area contributed by atoms with Crippen LogP contribution in [-0.2, 0) is 0 Å². The monoisotopic (exact) mass is 350 g/mol. The lowest BCUT2D eigenvalue weighted by Crippen LogP contribution is -2.50. The molecule has 5 rings (SSSR count). The molecule has 1 saturated carbocycles. The van der Waals surface area contributed by atoms with Gasteiger partial charge in [0.05, 0.1) is 5.69 Å². The molecule has 0 bridgehead atoms. The first-order valence-electron chi connectivity index (χ1n) is 9.28. The average Bonchev–Trinajstić information content (AvgIpc) is 2.97. The van der Waals surface area contributed by atoms with Crippen molar-refractivity contribution < 1.29 is 0 Å². The minimum atomic E-state index is 0.525. The Morgan fingerprint density at radius 1 is 1.04 bits per heavy atom. The summed E-state index contributed by atoms with van der Waals surface area (Å²) in [5, 5.41) is 25.0. The number of hydrogen-bond acceptors (Lipinski definition) is 7. The van der Waals surface area contributed by atoms with Gasteiger partial charge in [-0.05, 0) is 44.0 Å². The lowest BCUT2D eigenvalue weighted by atomic mass is 9.85. The average molecular weight is 350 g/mol. The van der Waals surface area contributed by atoms with Crippen LogP contribution in [0, 0.1) is 12.8 Å². The van der Waals surface area contributed by atoms with Gasteiger partial charge in [0.15, 0.2) is 11.5 Å². The molecule has 0 radical (unpaired) electrons. The Bertz CT molecular complexity index is 909. The molecular weight excluding hydrogens is 328 g/mol. The highest BCUT2D eigenvalue weighted by Crippen LogP contribution is 2.35. The van der Waals surface area contributed by atoms with Gasteiger partial charge in [-0.1, -0.05) is 6.42 Å². The van der Waals surface area contributed by atoms with Gasteiger partial charge in [0.25, 0.3) is 0 Å². The lowest BCUT2D eigenvalue weighted by molar-refractivity contribution is 0.393. The molecule has 134 valence electrons. The highest BCUT2D eigenvalue weighted by Gasteiger charge is 2.29. The molecule has 2 fully saturated rings. The predicted octanol–water partition coefficient (Wildman–Crippen LogP) is 2.04. The van der Waals surface area contributed by atoms with Crippen molar-refractivity contribution in [2.24, 2.45) is 5.92 Å². The Kier molecular flexibility index (Phi) is 3.69. The fourth-order valence-corrected chi connectivity index (χ4v) is 3.51. The molecule has 26 heavy (non-hydrogen) atoms. The number of rotatable bonds is 5. The van der Waals surface area contributed by atoms with Crippen LogP contribution in [0.25, 0.3) is 5.65 Å². The zero-order chi connectivity index (χ0) is 17.5. The minimum Gasteiger partial charge on any atom is -0.368 e. The molecule has 1 saturated heterocycles. The summed E-state index contributed by atoms with van der Waals surface area (Å²) in [5.41, 5.74) is 1.77. The molecule has 8 heteroatoms. The molecule has 1 aliphatic heterocycles. The van der Waals surface area contributed by atoms with Crippen molar-refractivity contribution in [1.29, 1.82) is 0 Å². The minimum absolute atomic E-state index is 0.525. The molecule has 0 amide bonds. The van der Waals surface area contributed by atoms with E-state index in [1.54, 1.807) is 0 Å². The molecule has 1 aliphatic carbocycles. The fourth-order valence-electron chi connectivity index (χ4n) is 3.51. The SMILES string of the molecule is Cc1ccc(NCC2CN(c3ccc4nnc(C5CCC5)n4n3)C2)nn1. The zero-order valence-electron chi connectivity index (χ0n) is 14.8. The Morgan fingerprint density at radius 3 is 2.65 bits per heavy atom. The third-order valence-electron chi connectivity index (χ3n) is 5.39.